The van der Waals surface area contributed by atoms with E-state index in [1.807, 2.05) is 0 Å². The van der Waals surface area contributed by atoms with Crippen LogP contribution in [0.25, 0.3) is 0 Å². The Morgan fingerprint density at radius 1 is 1.23 bits per heavy atom. The lowest BCUT2D eigenvalue weighted by molar-refractivity contribution is -0.121. The van der Waals surface area contributed by atoms with Crippen molar-refractivity contribution in [2.45, 2.75) is 25.8 Å². The molecule has 0 spiro atoms. The fraction of sp³-hybridized carbons (Fsp3) is 0.316. The molecule has 26 heavy (non-hydrogen) atoms. The van der Waals surface area contributed by atoms with E-state index in [0.29, 0.717) is 35.3 Å². The van der Waals surface area contributed by atoms with E-state index in [4.69, 9.17) is 21.1 Å². The average Bonchev–Trinajstić information content (AvgIpc) is 2.80. The summed E-state index contributed by atoms with van der Waals surface area (Å²) in [5.74, 6) is -0.680. The smallest absolute Gasteiger partial charge is 0.224 e. The second-order valence-corrected chi connectivity index (χ2v) is 6.49. The molecule has 0 fully saturated rings. The first-order valence-electron chi connectivity index (χ1n) is 8.26. The number of ether oxygens (including phenoxy) is 2. The molecule has 1 N–H and O–H groups in total. The quantitative estimate of drug-likeness (QED) is 0.863. The van der Waals surface area contributed by atoms with Crippen LogP contribution >= 0.6 is 11.6 Å². The number of fused-ring (bicyclic) bond motifs is 1. The van der Waals surface area contributed by atoms with Gasteiger partial charge in [0.25, 0.3) is 0 Å². The Bertz CT molecular complexity index is 829. The van der Waals surface area contributed by atoms with E-state index in [1.165, 1.54) is 6.07 Å². The van der Waals surface area contributed by atoms with E-state index in [-0.39, 0.29) is 17.9 Å². The van der Waals surface area contributed by atoms with Crippen molar-refractivity contribution in [1.82, 2.24) is 5.32 Å². The summed E-state index contributed by atoms with van der Waals surface area (Å²) in [7, 11) is 0. The van der Waals surface area contributed by atoms with Gasteiger partial charge in [-0.3, -0.25) is 4.79 Å². The van der Waals surface area contributed by atoms with Crippen LogP contribution in [-0.2, 0) is 11.2 Å². The number of hydrogen-bond donors (Lipinski definition) is 1. The van der Waals surface area contributed by atoms with Crippen molar-refractivity contribution in [1.29, 1.82) is 0 Å². The number of amides is 1. The number of carbonyl (C=O) groups excluding carboxylic acids is 1. The summed E-state index contributed by atoms with van der Waals surface area (Å²) in [5.41, 5.74) is 0.875. The molecule has 1 amide bonds. The number of carbonyl (C=O) groups is 1. The van der Waals surface area contributed by atoms with Crippen molar-refractivity contribution in [2.75, 3.05) is 13.2 Å². The number of halogens is 3. The Hall–Kier alpha value is -2.34. The lowest BCUT2D eigenvalue weighted by Crippen LogP contribution is -2.28. The van der Waals surface area contributed by atoms with Gasteiger partial charge in [-0.2, -0.15) is 0 Å². The van der Waals surface area contributed by atoms with Gasteiger partial charge in [-0.05, 0) is 30.7 Å². The van der Waals surface area contributed by atoms with Crippen molar-refractivity contribution in [2.24, 2.45) is 0 Å². The zero-order chi connectivity index (χ0) is 18.7. The molecule has 0 saturated carbocycles. The van der Waals surface area contributed by atoms with E-state index in [0.717, 1.165) is 18.6 Å². The van der Waals surface area contributed by atoms with Crippen molar-refractivity contribution in [3.05, 3.63) is 58.1 Å². The predicted molar refractivity (Wildman–Crippen MR) is 93.7 cm³/mol. The van der Waals surface area contributed by atoms with Gasteiger partial charge >= 0.3 is 0 Å². The van der Waals surface area contributed by atoms with Crippen LogP contribution in [0.15, 0.2) is 30.3 Å². The molecule has 138 valence electrons. The molecule has 3 rings (SSSR count). The van der Waals surface area contributed by atoms with Crippen molar-refractivity contribution in [3.63, 3.8) is 0 Å². The van der Waals surface area contributed by atoms with Crippen LogP contribution in [0.2, 0.25) is 5.02 Å². The van der Waals surface area contributed by atoms with Crippen molar-refractivity contribution < 1.29 is 23.0 Å². The van der Waals surface area contributed by atoms with Gasteiger partial charge in [0.15, 0.2) is 11.5 Å². The normalized spacial score (nSPS) is 14.5. The van der Waals surface area contributed by atoms with Gasteiger partial charge < -0.3 is 14.8 Å². The summed E-state index contributed by atoms with van der Waals surface area (Å²) < 4.78 is 38.0. The minimum absolute atomic E-state index is 0.0452. The molecule has 1 atom stereocenters. The second kappa shape index (κ2) is 7.91. The molecule has 0 saturated heterocycles. The Kier molecular flexibility index (Phi) is 5.61. The standard InChI is InChI=1S/C19H18ClF2NO3/c1-11(14-4-3-13(21)10-16(14)22)23-18(24)9-12-7-15(20)19-17(8-12)25-5-2-6-26-19/h3-4,7-8,10-11H,2,5-6,9H2,1H3,(H,23,24). The monoisotopic (exact) mass is 381 g/mol. The molecule has 0 radical (unpaired) electrons. The van der Waals surface area contributed by atoms with Crippen LogP contribution in [0.4, 0.5) is 8.78 Å². The summed E-state index contributed by atoms with van der Waals surface area (Å²) in [6.07, 6.45) is 0.797. The van der Waals surface area contributed by atoms with Gasteiger partial charge in [0, 0.05) is 18.1 Å². The van der Waals surface area contributed by atoms with Gasteiger partial charge in [0.2, 0.25) is 5.91 Å². The highest BCUT2D eigenvalue weighted by Crippen LogP contribution is 2.38. The Morgan fingerprint density at radius 3 is 2.77 bits per heavy atom. The van der Waals surface area contributed by atoms with Crippen LogP contribution in [-0.4, -0.2) is 19.1 Å². The van der Waals surface area contributed by atoms with E-state index in [1.54, 1.807) is 19.1 Å². The molecule has 1 aliphatic rings. The Morgan fingerprint density at radius 2 is 2.00 bits per heavy atom. The second-order valence-electron chi connectivity index (χ2n) is 6.09. The van der Waals surface area contributed by atoms with E-state index in [9.17, 15) is 13.6 Å². The molecule has 7 heteroatoms. The molecule has 2 aromatic carbocycles. The highest BCUT2D eigenvalue weighted by Gasteiger charge is 2.18. The summed E-state index contributed by atoms with van der Waals surface area (Å²) in [6, 6.07) is 6.04. The molecule has 4 nitrogen and oxygen atoms in total. The topological polar surface area (TPSA) is 47.6 Å². The van der Waals surface area contributed by atoms with Crippen LogP contribution in [0.5, 0.6) is 11.5 Å². The fourth-order valence-electron chi connectivity index (χ4n) is 2.79. The van der Waals surface area contributed by atoms with Crippen LogP contribution in [0, 0.1) is 11.6 Å². The summed E-state index contributed by atoms with van der Waals surface area (Å²) >= 11 is 6.22. The van der Waals surface area contributed by atoms with Gasteiger partial charge in [-0.25, -0.2) is 8.78 Å². The van der Waals surface area contributed by atoms with Crippen molar-refractivity contribution in [3.8, 4) is 11.5 Å². The largest absolute Gasteiger partial charge is 0.489 e. The van der Waals surface area contributed by atoms with Gasteiger partial charge in [0.1, 0.15) is 11.6 Å². The maximum absolute atomic E-state index is 13.8. The maximum Gasteiger partial charge on any atom is 0.224 e. The summed E-state index contributed by atoms with van der Waals surface area (Å²) in [4.78, 5) is 12.3. The van der Waals surface area contributed by atoms with Gasteiger partial charge in [-0.15, -0.1) is 0 Å². The number of nitrogens with one attached hydrogen (secondary N) is 1. The number of rotatable bonds is 4. The number of hydrogen-bond acceptors (Lipinski definition) is 3. The van der Waals surface area contributed by atoms with Gasteiger partial charge in [0.05, 0.1) is 30.7 Å². The van der Waals surface area contributed by atoms with Gasteiger partial charge in [-0.1, -0.05) is 17.7 Å². The molecular weight excluding hydrogens is 364 g/mol. The van der Waals surface area contributed by atoms with E-state index in [2.05, 4.69) is 5.32 Å². The summed E-state index contributed by atoms with van der Waals surface area (Å²) in [5, 5.41) is 3.08. The van der Waals surface area contributed by atoms with E-state index >= 15 is 0 Å². The third-order valence-corrected chi connectivity index (χ3v) is 4.31. The first-order chi connectivity index (χ1) is 12.4. The lowest BCUT2D eigenvalue weighted by atomic mass is 10.1. The highest BCUT2D eigenvalue weighted by atomic mass is 35.5. The van der Waals surface area contributed by atoms with Crippen LogP contribution in [0.3, 0.4) is 0 Å². The molecule has 0 bridgehead atoms. The average molecular weight is 382 g/mol. The molecule has 1 heterocycles. The zero-order valence-corrected chi connectivity index (χ0v) is 14.9. The van der Waals surface area contributed by atoms with E-state index < -0.39 is 17.7 Å². The van der Waals surface area contributed by atoms with Crippen molar-refractivity contribution >= 4 is 17.5 Å². The predicted octanol–water partition coefficient (Wildman–Crippen LogP) is 4.20. The third-order valence-electron chi connectivity index (χ3n) is 4.03. The molecule has 0 aliphatic carbocycles. The molecule has 1 aliphatic heterocycles. The Labute approximate surface area is 155 Å². The SMILES string of the molecule is CC(NC(=O)Cc1cc(Cl)c2c(c1)OCCCO2)c1ccc(F)cc1F. The fourth-order valence-corrected chi connectivity index (χ4v) is 3.08. The minimum Gasteiger partial charge on any atom is -0.489 e. The number of benzene rings is 2. The Balaban J connectivity index is 1.70. The molecular formula is C19H18ClF2NO3. The first kappa shape index (κ1) is 18.5. The summed E-state index contributed by atoms with van der Waals surface area (Å²) in [6.45, 7) is 2.67. The molecule has 2 aromatic rings. The van der Waals surface area contributed by atoms with Crippen LogP contribution < -0.4 is 14.8 Å². The minimum atomic E-state index is -0.698. The molecule has 1 unspecified atom stereocenters. The van der Waals surface area contributed by atoms with Crippen LogP contribution in [0.1, 0.15) is 30.5 Å². The maximum atomic E-state index is 13.8. The highest BCUT2D eigenvalue weighted by molar-refractivity contribution is 6.32. The molecule has 0 aromatic heterocycles. The zero-order valence-electron chi connectivity index (χ0n) is 14.2. The third kappa shape index (κ3) is 4.25. The first-order valence-corrected chi connectivity index (χ1v) is 8.64. The lowest BCUT2D eigenvalue weighted by Gasteiger charge is -2.16.